The zero-order valence-electron chi connectivity index (χ0n) is 16.8. The van der Waals surface area contributed by atoms with Crippen LogP contribution in [0.25, 0.3) is 10.9 Å². The van der Waals surface area contributed by atoms with Crippen LogP contribution in [0, 0.1) is 0 Å². The molecule has 1 aliphatic rings. The second kappa shape index (κ2) is 8.45. The third-order valence-corrected chi connectivity index (χ3v) is 5.11. The smallest absolute Gasteiger partial charge is 0.261 e. The summed E-state index contributed by atoms with van der Waals surface area (Å²) in [5, 5.41) is 10.4. The molecule has 0 saturated carbocycles. The van der Waals surface area contributed by atoms with Gasteiger partial charge in [0, 0.05) is 24.5 Å². The lowest BCUT2D eigenvalue weighted by Gasteiger charge is -2.14. The first-order valence-electron chi connectivity index (χ1n) is 10.2. The van der Waals surface area contributed by atoms with Crippen molar-refractivity contribution in [2.75, 3.05) is 23.7 Å². The Balaban J connectivity index is 1.42. The molecule has 1 fully saturated rings. The fourth-order valence-corrected chi connectivity index (χ4v) is 3.57. The SMILES string of the molecule is O=c1[nH]ccc2nc(N[C@H]3CCNC3)nc(Nc3ccc(Oc4ccccc4)cc3)c12. The molecule has 4 N–H and O–H groups in total. The molecule has 8 nitrogen and oxygen atoms in total. The van der Waals surface area contributed by atoms with Gasteiger partial charge in [-0.05, 0) is 55.4 Å². The maximum atomic E-state index is 12.5. The third kappa shape index (κ3) is 4.34. The Morgan fingerprint density at radius 1 is 0.968 bits per heavy atom. The minimum atomic E-state index is -0.238. The molecule has 2 aromatic heterocycles. The van der Waals surface area contributed by atoms with Crippen LogP contribution in [-0.2, 0) is 0 Å². The zero-order valence-corrected chi connectivity index (χ0v) is 16.8. The van der Waals surface area contributed by atoms with Gasteiger partial charge >= 0.3 is 0 Å². The third-order valence-electron chi connectivity index (χ3n) is 5.11. The van der Waals surface area contributed by atoms with E-state index in [0.717, 1.165) is 36.7 Å². The number of anilines is 3. The van der Waals surface area contributed by atoms with Gasteiger partial charge in [0.1, 0.15) is 22.7 Å². The molecule has 156 valence electrons. The summed E-state index contributed by atoms with van der Waals surface area (Å²) in [4.78, 5) is 24.3. The highest BCUT2D eigenvalue weighted by Gasteiger charge is 2.17. The molecule has 0 spiro atoms. The number of aromatic nitrogens is 3. The first kappa shape index (κ1) is 19.1. The second-order valence-corrected chi connectivity index (χ2v) is 7.36. The monoisotopic (exact) mass is 414 g/mol. The molecule has 0 amide bonds. The Labute approximate surface area is 178 Å². The van der Waals surface area contributed by atoms with Gasteiger partial charge in [-0.2, -0.15) is 4.98 Å². The molecule has 8 heteroatoms. The number of H-pyrrole nitrogens is 1. The Morgan fingerprint density at radius 3 is 2.55 bits per heavy atom. The molecule has 3 heterocycles. The van der Waals surface area contributed by atoms with Crippen molar-refractivity contribution in [1.82, 2.24) is 20.3 Å². The van der Waals surface area contributed by atoms with E-state index in [1.807, 2.05) is 54.6 Å². The van der Waals surface area contributed by atoms with E-state index in [9.17, 15) is 4.79 Å². The number of hydrogen-bond acceptors (Lipinski definition) is 7. The largest absolute Gasteiger partial charge is 0.457 e. The van der Waals surface area contributed by atoms with E-state index >= 15 is 0 Å². The quantitative estimate of drug-likeness (QED) is 0.382. The molecule has 0 radical (unpaired) electrons. The van der Waals surface area contributed by atoms with E-state index in [4.69, 9.17) is 4.74 Å². The highest BCUT2D eigenvalue weighted by Crippen LogP contribution is 2.26. The summed E-state index contributed by atoms with van der Waals surface area (Å²) in [5.74, 6) is 2.45. The van der Waals surface area contributed by atoms with Crippen molar-refractivity contribution in [1.29, 1.82) is 0 Å². The fourth-order valence-electron chi connectivity index (χ4n) is 3.57. The number of hydrogen-bond donors (Lipinski definition) is 4. The number of benzene rings is 2. The highest BCUT2D eigenvalue weighted by molar-refractivity contribution is 5.90. The summed E-state index contributed by atoms with van der Waals surface area (Å²) in [6.45, 7) is 1.83. The summed E-state index contributed by atoms with van der Waals surface area (Å²) < 4.78 is 5.84. The van der Waals surface area contributed by atoms with Crippen LogP contribution in [0.15, 0.2) is 71.7 Å². The minimum absolute atomic E-state index is 0.238. The van der Waals surface area contributed by atoms with Gasteiger partial charge in [0.05, 0.1) is 5.52 Å². The Morgan fingerprint density at radius 2 is 1.77 bits per heavy atom. The van der Waals surface area contributed by atoms with Gasteiger partial charge in [-0.3, -0.25) is 4.79 Å². The molecular weight excluding hydrogens is 392 g/mol. The number of nitrogens with zero attached hydrogens (tertiary/aromatic N) is 2. The summed E-state index contributed by atoms with van der Waals surface area (Å²) >= 11 is 0. The topological polar surface area (TPSA) is 104 Å². The molecule has 5 rings (SSSR count). The van der Waals surface area contributed by atoms with Gasteiger partial charge in [0.25, 0.3) is 5.56 Å². The molecule has 4 aromatic rings. The number of ether oxygens (including phenoxy) is 1. The number of para-hydroxylation sites is 1. The number of pyridine rings is 1. The normalized spacial score (nSPS) is 15.7. The highest BCUT2D eigenvalue weighted by atomic mass is 16.5. The van der Waals surface area contributed by atoms with Gasteiger partial charge < -0.3 is 25.7 Å². The summed E-state index contributed by atoms with van der Waals surface area (Å²) in [6, 6.07) is 19.2. The summed E-state index contributed by atoms with van der Waals surface area (Å²) in [6.07, 6.45) is 2.60. The molecule has 2 aromatic carbocycles. The lowest BCUT2D eigenvalue weighted by molar-refractivity contribution is 0.483. The van der Waals surface area contributed by atoms with E-state index in [1.165, 1.54) is 0 Å². The Kier molecular flexibility index (Phi) is 5.20. The van der Waals surface area contributed by atoms with E-state index in [0.29, 0.717) is 22.7 Å². The lowest BCUT2D eigenvalue weighted by Crippen LogP contribution is -2.24. The van der Waals surface area contributed by atoms with Gasteiger partial charge in [0.2, 0.25) is 5.95 Å². The van der Waals surface area contributed by atoms with Crippen LogP contribution < -0.4 is 26.2 Å². The van der Waals surface area contributed by atoms with Crippen LogP contribution in [0.3, 0.4) is 0 Å². The number of aromatic amines is 1. The van der Waals surface area contributed by atoms with Gasteiger partial charge in [-0.1, -0.05) is 18.2 Å². The number of fused-ring (bicyclic) bond motifs is 1. The van der Waals surface area contributed by atoms with Crippen LogP contribution in [0.4, 0.5) is 17.5 Å². The molecule has 0 bridgehead atoms. The van der Waals surface area contributed by atoms with Gasteiger partial charge in [-0.25, -0.2) is 4.98 Å². The first-order chi connectivity index (χ1) is 15.2. The van der Waals surface area contributed by atoms with Crippen LogP contribution in [0.5, 0.6) is 11.5 Å². The standard InChI is InChI=1S/C23H22N6O2/c30-22-20-19(11-13-25-22)28-23(27-16-10-12-24-14-16)29-21(20)26-15-6-8-18(9-7-15)31-17-4-2-1-3-5-17/h1-9,11,13,16,24H,10,12,14H2,(H,25,30)(H2,26,27,28,29)/t16-/m0/s1. The van der Waals surface area contributed by atoms with Crippen molar-refractivity contribution < 1.29 is 4.74 Å². The lowest BCUT2D eigenvalue weighted by atomic mass is 10.2. The van der Waals surface area contributed by atoms with Crippen LogP contribution in [0.1, 0.15) is 6.42 Å². The predicted octanol–water partition coefficient (Wildman–Crippen LogP) is 3.63. The van der Waals surface area contributed by atoms with Crippen molar-refractivity contribution >= 4 is 28.4 Å². The van der Waals surface area contributed by atoms with Gasteiger partial charge in [0.15, 0.2) is 0 Å². The van der Waals surface area contributed by atoms with Gasteiger partial charge in [-0.15, -0.1) is 0 Å². The van der Waals surface area contributed by atoms with E-state index in [1.54, 1.807) is 12.3 Å². The van der Waals surface area contributed by atoms with Crippen molar-refractivity contribution in [2.24, 2.45) is 0 Å². The van der Waals surface area contributed by atoms with E-state index < -0.39 is 0 Å². The zero-order chi connectivity index (χ0) is 21.0. The molecule has 1 saturated heterocycles. The van der Waals surface area contributed by atoms with Crippen molar-refractivity contribution in [2.45, 2.75) is 12.5 Å². The van der Waals surface area contributed by atoms with Crippen molar-refractivity contribution in [3.05, 3.63) is 77.2 Å². The molecule has 1 atom stereocenters. The Hall–Kier alpha value is -3.91. The minimum Gasteiger partial charge on any atom is -0.457 e. The average Bonchev–Trinajstić information content (AvgIpc) is 3.29. The predicted molar refractivity (Wildman–Crippen MR) is 121 cm³/mol. The van der Waals surface area contributed by atoms with Crippen LogP contribution in [-0.4, -0.2) is 34.1 Å². The summed E-state index contributed by atoms with van der Waals surface area (Å²) in [7, 11) is 0. The first-order valence-corrected chi connectivity index (χ1v) is 10.2. The summed E-state index contributed by atoms with van der Waals surface area (Å²) in [5.41, 5.74) is 1.13. The number of nitrogens with one attached hydrogen (secondary N) is 4. The molecule has 1 aliphatic heterocycles. The maximum Gasteiger partial charge on any atom is 0.261 e. The second-order valence-electron chi connectivity index (χ2n) is 7.36. The molecule has 0 unspecified atom stereocenters. The van der Waals surface area contributed by atoms with Crippen LogP contribution in [0.2, 0.25) is 0 Å². The fraction of sp³-hybridized carbons (Fsp3) is 0.174. The van der Waals surface area contributed by atoms with Crippen molar-refractivity contribution in [3.63, 3.8) is 0 Å². The maximum absolute atomic E-state index is 12.5. The average molecular weight is 414 g/mol. The molecule has 0 aliphatic carbocycles. The van der Waals surface area contributed by atoms with E-state index in [2.05, 4.69) is 30.9 Å². The van der Waals surface area contributed by atoms with Crippen LogP contribution >= 0.6 is 0 Å². The van der Waals surface area contributed by atoms with Crippen molar-refractivity contribution in [3.8, 4) is 11.5 Å². The Bertz CT molecular complexity index is 1230. The number of rotatable bonds is 6. The molecule has 31 heavy (non-hydrogen) atoms. The molecular formula is C23H22N6O2. The van der Waals surface area contributed by atoms with E-state index in [-0.39, 0.29) is 11.6 Å².